The summed E-state index contributed by atoms with van der Waals surface area (Å²) in [7, 11) is 1.48. The number of hydrogen-bond acceptors (Lipinski definition) is 7. The number of aliphatic carboxylic acids is 1. The van der Waals surface area contributed by atoms with Gasteiger partial charge < -0.3 is 34.8 Å². The second kappa shape index (κ2) is 10.8. The Hall–Kier alpha value is -2.89. The average Bonchev–Trinajstić information content (AvgIpc) is 3.57. The number of methoxy groups -OCH3 is 1. The van der Waals surface area contributed by atoms with Crippen LogP contribution in [0.2, 0.25) is 0 Å². The number of nitrogens with zero attached hydrogens (tertiary/aromatic N) is 2. The first kappa shape index (κ1) is 26.7. The first-order valence-corrected chi connectivity index (χ1v) is 11.3. The van der Waals surface area contributed by atoms with Gasteiger partial charge in [0.25, 0.3) is 0 Å². The molecule has 0 radical (unpaired) electrons. The molecule has 35 heavy (non-hydrogen) atoms. The zero-order valence-electron chi connectivity index (χ0n) is 19.2. The van der Waals surface area contributed by atoms with Crippen LogP contribution in [0.15, 0.2) is 17.1 Å². The number of ether oxygens (including phenoxy) is 1. The Labute approximate surface area is 206 Å². The molecule has 0 amide bonds. The topological polar surface area (TPSA) is 141 Å². The van der Waals surface area contributed by atoms with E-state index in [1.54, 1.807) is 4.57 Å². The monoisotopic (exact) mass is 513 g/mol. The number of aromatic nitrogens is 1. The molecule has 5 rings (SSSR count). The second-order valence-electron chi connectivity index (χ2n) is 8.87. The number of hydrogen-bond donors (Lipinski definition) is 4. The van der Waals surface area contributed by atoms with E-state index in [2.05, 4.69) is 5.32 Å². The number of carbonyl (C=O) groups is 2. The van der Waals surface area contributed by atoms with E-state index in [0.717, 1.165) is 38.8 Å². The maximum absolute atomic E-state index is 15.3. The molecular formula is C23H29ClFN3O7. The van der Waals surface area contributed by atoms with E-state index in [-0.39, 0.29) is 29.4 Å². The highest BCUT2D eigenvalue weighted by Gasteiger charge is 2.38. The largest absolute Gasteiger partial charge is 0.492 e. The summed E-state index contributed by atoms with van der Waals surface area (Å²) in [6, 6.07) is 1.62. The van der Waals surface area contributed by atoms with Crippen LogP contribution < -0.4 is 20.4 Å². The minimum absolute atomic E-state index is 0. The lowest BCUT2D eigenvalue weighted by Crippen LogP contribution is -2.40. The summed E-state index contributed by atoms with van der Waals surface area (Å²) in [6.07, 6.45) is 5.40. The van der Waals surface area contributed by atoms with Gasteiger partial charge in [-0.25, -0.2) is 14.0 Å². The Morgan fingerprint density at radius 2 is 1.91 bits per heavy atom. The Kier molecular flexibility index (Phi) is 8.24. The highest BCUT2D eigenvalue weighted by Crippen LogP contribution is 2.45. The van der Waals surface area contributed by atoms with Crippen molar-refractivity contribution in [3.8, 4) is 5.75 Å². The molecule has 3 fully saturated rings. The lowest BCUT2D eigenvalue weighted by Gasteiger charge is -2.25. The summed E-state index contributed by atoms with van der Waals surface area (Å²) in [5, 5.41) is 28.0. The highest BCUT2D eigenvalue weighted by atomic mass is 35.5. The molecule has 2 aromatic rings. The molecule has 4 N–H and O–H groups in total. The minimum atomic E-state index is -1.30. The molecule has 2 saturated heterocycles. The van der Waals surface area contributed by atoms with Crippen LogP contribution in [-0.4, -0.2) is 71.2 Å². The summed E-state index contributed by atoms with van der Waals surface area (Å²) < 4.78 is 22.8. The first-order valence-electron chi connectivity index (χ1n) is 11.3. The van der Waals surface area contributed by atoms with Crippen molar-refractivity contribution in [2.24, 2.45) is 5.92 Å². The summed E-state index contributed by atoms with van der Waals surface area (Å²) in [6.45, 7) is 1.62. The molecule has 2 aliphatic heterocycles. The van der Waals surface area contributed by atoms with Crippen molar-refractivity contribution in [2.75, 3.05) is 38.3 Å². The van der Waals surface area contributed by atoms with Crippen molar-refractivity contribution in [1.29, 1.82) is 0 Å². The van der Waals surface area contributed by atoms with Crippen molar-refractivity contribution in [2.45, 2.75) is 37.8 Å². The molecule has 1 aliphatic carbocycles. The van der Waals surface area contributed by atoms with Gasteiger partial charge in [0, 0.05) is 31.4 Å². The van der Waals surface area contributed by atoms with Crippen LogP contribution in [0.4, 0.5) is 10.1 Å². The number of pyridine rings is 1. The fourth-order valence-electron chi connectivity index (χ4n) is 4.95. The van der Waals surface area contributed by atoms with Crippen LogP contribution in [-0.2, 0) is 4.79 Å². The molecule has 3 heterocycles. The Morgan fingerprint density at radius 1 is 1.23 bits per heavy atom. The van der Waals surface area contributed by atoms with Gasteiger partial charge in [0.1, 0.15) is 17.9 Å². The number of fused-ring (bicyclic) bond motifs is 2. The first-order chi connectivity index (χ1) is 16.3. The number of carboxylic acid groups (broad SMARTS) is 2. The molecule has 0 unspecified atom stereocenters. The van der Waals surface area contributed by atoms with E-state index >= 15 is 4.39 Å². The number of aliphatic hydroxyl groups is 1. The van der Waals surface area contributed by atoms with E-state index in [0.29, 0.717) is 35.5 Å². The molecule has 1 saturated carbocycles. The Bertz CT molecular complexity index is 1170. The summed E-state index contributed by atoms with van der Waals surface area (Å²) in [4.78, 5) is 35.5. The molecule has 10 nitrogen and oxygen atoms in total. The SMILES string of the molecule is COc1c(N2C[C@@H]3CCCN[C@@H]3C2)c(F)cc2c(=O)c(C(=O)O)cn(C3CC3)c12.Cl.O=C(O)CO. The lowest BCUT2D eigenvalue weighted by atomic mass is 9.94. The van der Waals surface area contributed by atoms with E-state index in [4.69, 9.17) is 19.7 Å². The quantitative estimate of drug-likeness (QED) is 0.471. The van der Waals surface area contributed by atoms with Crippen LogP contribution in [0.25, 0.3) is 10.9 Å². The van der Waals surface area contributed by atoms with E-state index in [1.807, 2.05) is 4.90 Å². The van der Waals surface area contributed by atoms with Crippen LogP contribution in [0.5, 0.6) is 5.75 Å². The summed E-state index contributed by atoms with van der Waals surface area (Å²) in [5.41, 5.74) is -0.155. The smallest absolute Gasteiger partial charge is 0.341 e. The van der Waals surface area contributed by atoms with Gasteiger partial charge in [-0.3, -0.25) is 4.79 Å². The predicted molar refractivity (Wildman–Crippen MR) is 129 cm³/mol. The summed E-state index contributed by atoms with van der Waals surface area (Å²) >= 11 is 0. The number of carboxylic acids is 2. The number of nitrogens with one attached hydrogen (secondary N) is 1. The van der Waals surface area contributed by atoms with Gasteiger partial charge >= 0.3 is 11.9 Å². The zero-order valence-corrected chi connectivity index (χ0v) is 20.0. The van der Waals surface area contributed by atoms with E-state index in [9.17, 15) is 14.7 Å². The van der Waals surface area contributed by atoms with Gasteiger partial charge in [-0.15, -0.1) is 12.4 Å². The van der Waals surface area contributed by atoms with Gasteiger partial charge in [-0.2, -0.15) is 0 Å². The van der Waals surface area contributed by atoms with Crippen molar-refractivity contribution < 1.29 is 34.0 Å². The molecule has 12 heteroatoms. The van der Waals surface area contributed by atoms with Crippen LogP contribution >= 0.6 is 12.4 Å². The van der Waals surface area contributed by atoms with Crippen molar-refractivity contribution in [1.82, 2.24) is 9.88 Å². The van der Waals surface area contributed by atoms with Crippen LogP contribution in [0.3, 0.4) is 0 Å². The van der Waals surface area contributed by atoms with Gasteiger partial charge in [0.05, 0.1) is 18.0 Å². The van der Waals surface area contributed by atoms with Crippen LogP contribution in [0, 0.1) is 11.7 Å². The second-order valence-corrected chi connectivity index (χ2v) is 8.87. The number of rotatable bonds is 5. The molecule has 2 atom stereocenters. The van der Waals surface area contributed by atoms with Crippen molar-refractivity contribution in [3.05, 3.63) is 33.9 Å². The third-order valence-electron chi connectivity index (χ3n) is 6.62. The fourth-order valence-corrected chi connectivity index (χ4v) is 4.95. The molecule has 1 aromatic carbocycles. The third kappa shape index (κ3) is 5.21. The maximum atomic E-state index is 15.3. The van der Waals surface area contributed by atoms with Crippen LogP contribution in [0.1, 0.15) is 42.1 Å². The van der Waals surface area contributed by atoms with Crippen molar-refractivity contribution >= 4 is 40.9 Å². The minimum Gasteiger partial charge on any atom is -0.492 e. The fraction of sp³-hybridized carbons (Fsp3) is 0.522. The number of aliphatic hydroxyl groups excluding tert-OH is 1. The van der Waals surface area contributed by atoms with Gasteiger partial charge in [0.2, 0.25) is 5.43 Å². The normalized spacial score (nSPS) is 20.9. The average molecular weight is 514 g/mol. The third-order valence-corrected chi connectivity index (χ3v) is 6.62. The van der Waals surface area contributed by atoms with Gasteiger partial charge in [-0.1, -0.05) is 0 Å². The molecular weight excluding hydrogens is 485 g/mol. The number of halogens is 2. The van der Waals surface area contributed by atoms with Gasteiger partial charge in [0.15, 0.2) is 11.6 Å². The molecule has 192 valence electrons. The molecule has 0 spiro atoms. The number of aromatic carboxylic acids is 1. The molecule has 1 aromatic heterocycles. The summed E-state index contributed by atoms with van der Waals surface area (Å²) in [5.74, 6) is -2.26. The predicted octanol–water partition coefficient (Wildman–Crippen LogP) is 1.86. The molecule has 0 bridgehead atoms. The number of piperidine rings is 1. The number of anilines is 1. The standard InChI is InChI=1S/C21H24FN3O4.C2H4O3.ClH/c1-29-20-17-13(19(26)14(21(27)28)9-25(17)12-4-5-12)7-15(22)18(20)24-8-11-3-2-6-23-16(11)10-24;3-1-2(4)5;/h7,9,11-12,16,23H,2-6,8,10H2,1H3,(H,27,28);3H,1H2,(H,4,5);1H/t11-,16+;;/m0../s1. The highest BCUT2D eigenvalue weighted by molar-refractivity contribution is 5.97. The van der Waals surface area contributed by atoms with Gasteiger partial charge in [-0.05, 0) is 44.2 Å². The van der Waals surface area contributed by atoms with E-state index < -0.39 is 29.8 Å². The Morgan fingerprint density at radius 3 is 2.46 bits per heavy atom. The van der Waals surface area contributed by atoms with Crippen molar-refractivity contribution in [3.63, 3.8) is 0 Å². The number of benzene rings is 1. The zero-order chi connectivity index (χ0) is 24.6. The lowest BCUT2D eigenvalue weighted by molar-refractivity contribution is -0.140. The maximum Gasteiger partial charge on any atom is 0.341 e. The van der Waals surface area contributed by atoms with E-state index in [1.165, 1.54) is 19.4 Å². The Balaban J connectivity index is 0.000000521. The molecule has 3 aliphatic rings.